The van der Waals surface area contributed by atoms with E-state index in [1.807, 2.05) is 0 Å². The first-order chi connectivity index (χ1) is 9.67. The second-order valence-electron chi connectivity index (χ2n) is 5.19. The zero-order chi connectivity index (χ0) is 14.1. The average molecular weight is 279 g/mol. The molecule has 1 saturated heterocycles. The summed E-state index contributed by atoms with van der Waals surface area (Å²) >= 11 is 0. The van der Waals surface area contributed by atoms with E-state index in [1.165, 1.54) is 7.11 Å². The van der Waals surface area contributed by atoms with Gasteiger partial charge in [-0.1, -0.05) is 0 Å². The minimum Gasteiger partial charge on any atom is -0.453 e. The lowest BCUT2D eigenvalue weighted by Gasteiger charge is -2.14. The molecule has 1 aliphatic carbocycles. The van der Waals surface area contributed by atoms with Gasteiger partial charge in [0.25, 0.3) is 5.91 Å². The Kier molecular flexibility index (Phi) is 3.29. The number of aromatic nitrogens is 3. The molecule has 0 spiro atoms. The van der Waals surface area contributed by atoms with E-state index >= 15 is 0 Å². The van der Waals surface area contributed by atoms with Crippen molar-refractivity contribution in [2.75, 3.05) is 20.2 Å². The van der Waals surface area contributed by atoms with Crippen molar-refractivity contribution in [1.29, 1.82) is 0 Å². The molecule has 1 unspecified atom stereocenters. The topological polar surface area (TPSA) is 100 Å². The summed E-state index contributed by atoms with van der Waals surface area (Å²) in [6.45, 7) is 1.04. The Balaban J connectivity index is 1.58. The number of hydrogen-bond donors (Lipinski definition) is 2. The molecule has 1 aromatic rings. The fraction of sp³-hybridized carbons (Fsp3) is 0.667. The molecule has 2 N–H and O–H groups in total. The van der Waals surface area contributed by atoms with Crippen molar-refractivity contribution in [1.82, 2.24) is 25.4 Å². The van der Waals surface area contributed by atoms with Crippen molar-refractivity contribution in [3.63, 3.8) is 0 Å². The van der Waals surface area contributed by atoms with Gasteiger partial charge in [0.2, 0.25) is 5.82 Å². The molecule has 2 aliphatic rings. The highest BCUT2D eigenvalue weighted by Crippen LogP contribution is 2.37. The lowest BCUT2D eigenvalue weighted by molar-refractivity contribution is 0.0776. The maximum Gasteiger partial charge on any atom is 0.407 e. The molecule has 0 aromatic carbocycles. The molecule has 1 atom stereocenters. The summed E-state index contributed by atoms with van der Waals surface area (Å²) in [5.74, 6) is 1.26. The summed E-state index contributed by atoms with van der Waals surface area (Å²) in [6, 6.07) is -0.0757. The van der Waals surface area contributed by atoms with E-state index < -0.39 is 6.09 Å². The van der Waals surface area contributed by atoms with Crippen LogP contribution >= 0.6 is 0 Å². The summed E-state index contributed by atoms with van der Waals surface area (Å²) in [6.07, 6.45) is 2.45. The lowest BCUT2D eigenvalue weighted by Crippen LogP contribution is -2.38. The number of aromatic amines is 1. The highest BCUT2D eigenvalue weighted by atomic mass is 16.5. The number of nitrogens with zero attached hydrogens (tertiary/aromatic N) is 3. The van der Waals surface area contributed by atoms with Crippen LogP contribution in [0.2, 0.25) is 0 Å². The number of carbonyl (C=O) groups excluding carboxylic acids is 2. The van der Waals surface area contributed by atoms with E-state index in [4.69, 9.17) is 0 Å². The standard InChI is InChI=1S/C12H17N5O3/c1-20-12(19)13-8-4-5-17(6-8)11(18)10-14-9(15-16-10)7-2-3-7/h7-8H,2-6H2,1H3,(H,13,19)(H,14,15,16). The third-order valence-corrected chi connectivity index (χ3v) is 3.64. The van der Waals surface area contributed by atoms with Crippen molar-refractivity contribution in [2.45, 2.75) is 31.2 Å². The number of likely N-dealkylation sites (tertiary alicyclic amines) is 1. The molecule has 3 rings (SSSR count). The van der Waals surface area contributed by atoms with E-state index in [9.17, 15) is 9.59 Å². The first kappa shape index (κ1) is 12.9. The molecule has 2 amide bonds. The minimum atomic E-state index is -0.474. The average Bonchev–Trinajstić information content (AvgIpc) is 3.01. The quantitative estimate of drug-likeness (QED) is 0.826. The van der Waals surface area contributed by atoms with E-state index in [0.717, 1.165) is 18.7 Å². The van der Waals surface area contributed by atoms with Gasteiger partial charge in [-0.2, -0.15) is 0 Å². The number of ether oxygens (including phenoxy) is 1. The Morgan fingerprint density at radius 3 is 2.90 bits per heavy atom. The number of rotatable bonds is 3. The van der Waals surface area contributed by atoms with Gasteiger partial charge in [-0.25, -0.2) is 9.78 Å². The van der Waals surface area contributed by atoms with E-state index in [2.05, 4.69) is 25.2 Å². The second-order valence-corrected chi connectivity index (χ2v) is 5.19. The van der Waals surface area contributed by atoms with Gasteiger partial charge >= 0.3 is 6.09 Å². The molecule has 20 heavy (non-hydrogen) atoms. The van der Waals surface area contributed by atoms with Gasteiger partial charge in [-0.05, 0) is 19.3 Å². The van der Waals surface area contributed by atoms with Crippen molar-refractivity contribution in [3.8, 4) is 0 Å². The molecule has 8 nitrogen and oxygen atoms in total. The van der Waals surface area contributed by atoms with Crippen LogP contribution in [0.25, 0.3) is 0 Å². The van der Waals surface area contributed by atoms with Gasteiger partial charge in [0.15, 0.2) is 0 Å². The van der Waals surface area contributed by atoms with Gasteiger partial charge in [0.05, 0.1) is 13.2 Å². The number of amides is 2. The summed E-state index contributed by atoms with van der Waals surface area (Å²) in [5, 5.41) is 9.51. The van der Waals surface area contributed by atoms with Gasteiger partial charge in [0.1, 0.15) is 5.82 Å². The van der Waals surface area contributed by atoms with Gasteiger partial charge in [0, 0.05) is 19.0 Å². The predicted octanol–water partition coefficient (Wildman–Crippen LogP) is 0.253. The smallest absolute Gasteiger partial charge is 0.407 e. The number of H-pyrrole nitrogens is 1. The van der Waals surface area contributed by atoms with Gasteiger partial charge < -0.3 is 15.0 Å². The van der Waals surface area contributed by atoms with Crippen LogP contribution in [0.5, 0.6) is 0 Å². The predicted molar refractivity (Wildman–Crippen MR) is 68.2 cm³/mol. The molecule has 108 valence electrons. The molecular formula is C12H17N5O3. The molecular weight excluding hydrogens is 262 g/mol. The SMILES string of the molecule is COC(=O)NC1CCN(C(=O)c2n[nH]c(C3CC3)n2)C1. The van der Waals surface area contributed by atoms with Crippen molar-refractivity contribution in [2.24, 2.45) is 0 Å². The zero-order valence-corrected chi connectivity index (χ0v) is 11.3. The fourth-order valence-electron chi connectivity index (χ4n) is 2.34. The molecule has 0 bridgehead atoms. The zero-order valence-electron chi connectivity index (χ0n) is 11.3. The summed E-state index contributed by atoms with van der Waals surface area (Å²) < 4.78 is 4.55. The van der Waals surface area contributed by atoms with Gasteiger partial charge in [-0.15, -0.1) is 5.10 Å². The number of alkyl carbamates (subject to hydrolysis) is 1. The highest BCUT2D eigenvalue weighted by Gasteiger charge is 2.32. The first-order valence-electron chi connectivity index (χ1n) is 6.73. The van der Waals surface area contributed by atoms with Crippen LogP contribution in [0.15, 0.2) is 0 Å². The third kappa shape index (κ3) is 2.59. The van der Waals surface area contributed by atoms with Crippen LogP contribution in [0, 0.1) is 0 Å². The summed E-state index contributed by atoms with van der Waals surface area (Å²) in [7, 11) is 1.32. The number of hydrogen-bond acceptors (Lipinski definition) is 5. The van der Waals surface area contributed by atoms with Crippen LogP contribution < -0.4 is 5.32 Å². The largest absolute Gasteiger partial charge is 0.453 e. The summed E-state index contributed by atoms with van der Waals surface area (Å²) in [5.41, 5.74) is 0. The van der Waals surface area contributed by atoms with Crippen LogP contribution in [0.3, 0.4) is 0 Å². The number of methoxy groups -OCH3 is 1. The minimum absolute atomic E-state index is 0.0757. The van der Waals surface area contributed by atoms with Crippen LogP contribution in [0.1, 0.15) is 41.6 Å². The molecule has 0 radical (unpaired) electrons. The first-order valence-corrected chi connectivity index (χ1v) is 6.73. The molecule has 1 aromatic heterocycles. The highest BCUT2D eigenvalue weighted by molar-refractivity contribution is 5.90. The van der Waals surface area contributed by atoms with E-state index in [0.29, 0.717) is 25.4 Å². The Labute approximate surface area is 115 Å². The Morgan fingerprint density at radius 1 is 1.40 bits per heavy atom. The lowest BCUT2D eigenvalue weighted by atomic mass is 10.3. The number of nitrogens with one attached hydrogen (secondary N) is 2. The Morgan fingerprint density at radius 2 is 2.20 bits per heavy atom. The molecule has 2 fully saturated rings. The molecule has 1 aliphatic heterocycles. The van der Waals surface area contributed by atoms with Crippen LogP contribution in [-0.4, -0.2) is 58.3 Å². The van der Waals surface area contributed by atoms with Crippen molar-refractivity contribution < 1.29 is 14.3 Å². The summed E-state index contributed by atoms with van der Waals surface area (Å²) in [4.78, 5) is 29.3. The van der Waals surface area contributed by atoms with Gasteiger partial charge in [-0.3, -0.25) is 9.89 Å². The fourth-order valence-corrected chi connectivity index (χ4v) is 2.34. The third-order valence-electron chi connectivity index (χ3n) is 3.64. The second kappa shape index (κ2) is 5.10. The van der Waals surface area contributed by atoms with E-state index in [-0.39, 0.29) is 17.8 Å². The monoisotopic (exact) mass is 279 g/mol. The van der Waals surface area contributed by atoms with Crippen molar-refractivity contribution in [3.05, 3.63) is 11.6 Å². The maximum absolute atomic E-state index is 12.2. The molecule has 8 heteroatoms. The Hall–Kier alpha value is -2.12. The normalized spacial score (nSPS) is 21.9. The van der Waals surface area contributed by atoms with Crippen molar-refractivity contribution >= 4 is 12.0 Å². The number of carbonyl (C=O) groups is 2. The maximum atomic E-state index is 12.2. The van der Waals surface area contributed by atoms with E-state index in [1.54, 1.807) is 4.90 Å². The molecule has 1 saturated carbocycles. The van der Waals surface area contributed by atoms with Crippen LogP contribution in [0.4, 0.5) is 4.79 Å². The van der Waals surface area contributed by atoms with Crippen LogP contribution in [-0.2, 0) is 4.74 Å². The Bertz CT molecular complexity index is 525. The molecule has 2 heterocycles.